The molecule has 1 unspecified atom stereocenters. The van der Waals surface area contributed by atoms with Crippen molar-refractivity contribution in [2.75, 3.05) is 18.4 Å². The molecular weight excluding hydrogens is 336 g/mol. The lowest BCUT2D eigenvalue weighted by Gasteiger charge is -2.26. The number of amides is 2. The summed E-state index contributed by atoms with van der Waals surface area (Å²) in [6.45, 7) is 3.69. The van der Waals surface area contributed by atoms with Crippen LogP contribution in [0.15, 0.2) is 0 Å². The predicted molar refractivity (Wildman–Crippen MR) is 101 cm³/mol. The first kappa shape index (κ1) is 18.2. The van der Waals surface area contributed by atoms with Crippen LogP contribution in [0, 0.1) is 0 Å². The number of likely N-dealkylation sites (tertiary alicyclic amines) is 1. The molecule has 6 heteroatoms. The van der Waals surface area contributed by atoms with E-state index in [-0.39, 0.29) is 6.03 Å². The number of aromatic carboxylic acids is 1. The number of rotatable bonds is 5. The van der Waals surface area contributed by atoms with Crippen LogP contribution in [0.5, 0.6) is 0 Å². The molecule has 0 spiro atoms. The van der Waals surface area contributed by atoms with Crippen molar-refractivity contribution in [1.29, 1.82) is 0 Å². The van der Waals surface area contributed by atoms with E-state index in [2.05, 4.69) is 12.2 Å². The number of anilines is 1. The van der Waals surface area contributed by atoms with Crippen LogP contribution in [0.1, 0.15) is 85.0 Å². The van der Waals surface area contributed by atoms with E-state index < -0.39 is 5.97 Å². The molecule has 0 radical (unpaired) electrons. The number of carbonyl (C=O) groups is 2. The Bertz CT molecular complexity index is 635. The number of nitrogens with zero attached hydrogens (tertiary/aromatic N) is 1. The number of thiophene rings is 1. The Hall–Kier alpha value is -1.56. The third-order valence-corrected chi connectivity index (χ3v) is 6.55. The zero-order chi connectivity index (χ0) is 17.8. The molecule has 1 aromatic rings. The van der Waals surface area contributed by atoms with Gasteiger partial charge in [-0.3, -0.25) is 5.32 Å². The number of hydrogen-bond acceptors (Lipinski definition) is 3. The molecule has 1 aromatic heterocycles. The minimum absolute atomic E-state index is 0.147. The number of nitrogens with one attached hydrogen (secondary N) is 1. The minimum Gasteiger partial charge on any atom is -0.478 e. The summed E-state index contributed by atoms with van der Waals surface area (Å²) >= 11 is 1.48. The number of unbranched alkanes of at least 4 members (excludes halogenated alkanes) is 1. The summed E-state index contributed by atoms with van der Waals surface area (Å²) in [7, 11) is 0. The molecule has 0 bridgehead atoms. The number of fused-ring (bicyclic) bond motifs is 1. The lowest BCUT2D eigenvalue weighted by atomic mass is 9.82. The maximum absolute atomic E-state index is 12.5. The smallest absolute Gasteiger partial charge is 0.339 e. The largest absolute Gasteiger partial charge is 0.478 e. The molecule has 2 N–H and O–H groups in total. The van der Waals surface area contributed by atoms with Crippen molar-refractivity contribution in [2.24, 2.45) is 0 Å². The van der Waals surface area contributed by atoms with Gasteiger partial charge in [0.05, 0.1) is 5.56 Å². The fraction of sp³-hybridized carbons (Fsp3) is 0.684. The molecule has 138 valence electrons. The van der Waals surface area contributed by atoms with E-state index in [0.717, 1.165) is 76.4 Å². The van der Waals surface area contributed by atoms with E-state index >= 15 is 0 Å². The number of carboxylic acids is 1. The van der Waals surface area contributed by atoms with Crippen LogP contribution in [0.3, 0.4) is 0 Å². The average Bonchev–Trinajstić information content (AvgIpc) is 2.99. The lowest BCUT2D eigenvalue weighted by molar-refractivity contribution is 0.0696. The molecule has 0 saturated carbocycles. The normalized spacial score (nSPS) is 20.2. The van der Waals surface area contributed by atoms with Gasteiger partial charge in [-0.2, -0.15) is 0 Å². The zero-order valence-corrected chi connectivity index (χ0v) is 15.8. The highest BCUT2D eigenvalue weighted by atomic mass is 32.1. The Balaban J connectivity index is 1.85. The number of carbonyl (C=O) groups excluding carboxylic acids is 1. The van der Waals surface area contributed by atoms with E-state index in [1.54, 1.807) is 0 Å². The second kappa shape index (κ2) is 8.21. The fourth-order valence-electron chi connectivity index (χ4n) is 4.07. The standard InChI is InChI=1S/C19H28N2O3S/c1-2-3-8-13-9-7-10-14-15(13)16(18(22)23)17(25-14)20-19(24)21-11-5-4-6-12-21/h13H,2-12H2,1H3,(H,20,24)(H,22,23). The molecule has 0 aromatic carbocycles. The van der Waals surface area contributed by atoms with Crippen molar-refractivity contribution in [3.05, 3.63) is 16.0 Å². The van der Waals surface area contributed by atoms with E-state index in [4.69, 9.17) is 0 Å². The molecule has 5 nitrogen and oxygen atoms in total. The topological polar surface area (TPSA) is 69.6 Å². The maximum atomic E-state index is 12.5. The van der Waals surface area contributed by atoms with Crippen LogP contribution in [0.25, 0.3) is 0 Å². The number of carboxylic acid groups (broad SMARTS) is 1. The van der Waals surface area contributed by atoms with Gasteiger partial charge in [0, 0.05) is 18.0 Å². The molecule has 1 fully saturated rings. The number of aryl methyl sites for hydroxylation is 1. The van der Waals surface area contributed by atoms with Gasteiger partial charge in [-0.1, -0.05) is 19.8 Å². The van der Waals surface area contributed by atoms with Crippen LogP contribution in [-0.4, -0.2) is 35.1 Å². The van der Waals surface area contributed by atoms with Crippen LogP contribution in [0.2, 0.25) is 0 Å². The van der Waals surface area contributed by atoms with Crippen molar-refractivity contribution in [1.82, 2.24) is 4.90 Å². The molecule has 2 heterocycles. The van der Waals surface area contributed by atoms with Gasteiger partial charge in [-0.25, -0.2) is 9.59 Å². The predicted octanol–water partition coefficient (Wildman–Crippen LogP) is 5.07. The number of piperidine rings is 1. The van der Waals surface area contributed by atoms with Crippen molar-refractivity contribution in [2.45, 2.75) is 70.6 Å². The quantitative estimate of drug-likeness (QED) is 0.766. The Morgan fingerprint density at radius 1 is 1.24 bits per heavy atom. The SMILES string of the molecule is CCCCC1CCCc2sc(NC(=O)N3CCCCC3)c(C(=O)O)c21. The molecule has 2 amide bonds. The third kappa shape index (κ3) is 4.00. The fourth-order valence-corrected chi connectivity index (χ4v) is 5.38. The van der Waals surface area contributed by atoms with E-state index in [1.165, 1.54) is 16.2 Å². The first-order chi connectivity index (χ1) is 12.1. The van der Waals surface area contributed by atoms with Gasteiger partial charge in [0.15, 0.2) is 0 Å². The summed E-state index contributed by atoms with van der Waals surface area (Å²) in [5, 5.41) is 13.3. The Labute approximate surface area is 153 Å². The maximum Gasteiger partial charge on any atom is 0.339 e. The van der Waals surface area contributed by atoms with Gasteiger partial charge in [0.1, 0.15) is 5.00 Å². The molecular formula is C19H28N2O3S. The third-order valence-electron chi connectivity index (χ3n) is 5.37. The average molecular weight is 365 g/mol. The lowest BCUT2D eigenvalue weighted by Crippen LogP contribution is -2.38. The van der Waals surface area contributed by atoms with Crippen LogP contribution in [-0.2, 0) is 6.42 Å². The van der Waals surface area contributed by atoms with Gasteiger partial charge in [-0.05, 0) is 56.4 Å². The summed E-state index contributed by atoms with van der Waals surface area (Å²) in [4.78, 5) is 27.5. The number of urea groups is 1. The molecule has 1 atom stereocenters. The van der Waals surface area contributed by atoms with Crippen LogP contribution < -0.4 is 5.32 Å². The highest BCUT2D eigenvalue weighted by Crippen LogP contribution is 2.45. The monoisotopic (exact) mass is 364 g/mol. The Kier molecular flexibility index (Phi) is 5.99. The summed E-state index contributed by atoms with van der Waals surface area (Å²) in [5.41, 5.74) is 1.36. The summed E-state index contributed by atoms with van der Waals surface area (Å²) in [5.74, 6) is -0.582. The van der Waals surface area contributed by atoms with E-state index in [0.29, 0.717) is 16.5 Å². The summed E-state index contributed by atoms with van der Waals surface area (Å²) in [6.07, 6.45) is 9.60. The molecule has 2 aliphatic rings. The molecule has 1 aliphatic carbocycles. The van der Waals surface area contributed by atoms with Crippen molar-refractivity contribution in [3.63, 3.8) is 0 Å². The first-order valence-corrected chi connectivity index (χ1v) is 10.4. The van der Waals surface area contributed by atoms with Gasteiger partial charge < -0.3 is 10.0 Å². The van der Waals surface area contributed by atoms with Gasteiger partial charge in [-0.15, -0.1) is 11.3 Å². The second-order valence-electron chi connectivity index (χ2n) is 7.16. The summed E-state index contributed by atoms with van der Waals surface area (Å²) in [6, 6.07) is -0.147. The molecule has 1 saturated heterocycles. The summed E-state index contributed by atoms with van der Waals surface area (Å²) < 4.78 is 0. The number of hydrogen-bond donors (Lipinski definition) is 2. The van der Waals surface area contributed by atoms with E-state index in [9.17, 15) is 14.7 Å². The Morgan fingerprint density at radius 3 is 2.68 bits per heavy atom. The molecule has 1 aliphatic heterocycles. The minimum atomic E-state index is -0.908. The second-order valence-corrected chi connectivity index (χ2v) is 8.26. The van der Waals surface area contributed by atoms with Crippen molar-refractivity contribution >= 4 is 28.3 Å². The van der Waals surface area contributed by atoms with Crippen molar-refractivity contribution in [3.8, 4) is 0 Å². The molecule has 3 rings (SSSR count). The van der Waals surface area contributed by atoms with Crippen LogP contribution in [0.4, 0.5) is 9.80 Å². The van der Waals surface area contributed by atoms with Crippen molar-refractivity contribution < 1.29 is 14.7 Å². The highest BCUT2D eigenvalue weighted by molar-refractivity contribution is 7.17. The van der Waals surface area contributed by atoms with Gasteiger partial charge in [0.25, 0.3) is 0 Å². The highest BCUT2D eigenvalue weighted by Gasteiger charge is 2.32. The Morgan fingerprint density at radius 2 is 2.00 bits per heavy atom. The van der Waals surface area contributed by atoms with E-state index in [1.807, 2.05) is 4.90 Å². The van der Waals surface area contributed by atoms with Gasteiger partial charge >= 0.3 is 12.0 Å². The first-order valence-electron chi connectivity index (χ1n) is 9.56. The zero-order valence-electron chi connectivity index (χ0n) is 15.0. The van der Waals surface area contributed by atoms with Crippen LogP contribution >= 0.6 is 11.3 Å². The van der Waals surface area contributed by atoms with Gasteiger partial charge in [0.2, 0.25) is 0 Å². The molecule has 25 heavy (non-hydrogen) atoms.